The second-order valence-electron chi connectivity index (χ2n) is 7.86. The van der Waals surface area contributed by atoms with E-state index in [0.717, 1.165) is 19.3 Å². The van der Waals surface area contributed by atoms with Crippen molar-refractivity contribution in [2.75, 3.05) is 26.7 Å². The molecule has 1 unspecified atom stereocenters. The summed E-state index contributed by atoms with van der Waals surface area (Å²) in [6.45, 7) is 8.98. The molecule has 0 aliphatic carbocycles. The van der Waals surface area contributed by atoms with E-state index in [1.165, 1.54) is 6.20 Å². The number of nitrogens with one attached hydrogen (secondary N) is 4. The van der Waals surface area contributed by atoms with Crippen LogP contribution >= 0.6 is 0 Å². The van der Waals surface area contributed by atoms with Gasteiger partial charge >= 0.3 is 6.09 Å². The fourth-order valence-corrected chi connectivity index (χ4v) is 2.54. The molecule has 0 radical (unpaired) electrons. The Kier molecular flexibility index (Phi) is 11.3. The van der Waals surface area contributed by atoms with Crippen molar-refractivity contribution in [1.29, 1.82) is 0 Å². The zero-order chi connectivity index (χ0) is 22.4. The van der Waals surface area contributed by atoms with Gasteiger partial charge in [0.1, 0.15) is 5.60 Å². The number of ether oxygens (including phenoxy) is 1. The molecule has 4 N–H and O–H groups in total. The fraction of sp³-hybridized carbons (Fsp3) is 0.619. The first-order valence-electron chi connectivity index (χ1n) is 10.4. The molecule has 1 heterocycles. The van der Waals surface area contributed by atoms with Gasteiger partial charge in [-0.05, 0) is 39.3 Å². The molecule has 0 aliphatic rings. The minimum absolute atomic E-state index is 0.00801. The van der Waals surface area contributed by atoms with Crippen LogP contribution in [0.2, 0.25) is 0 Å². The van der Waals surface area contributed by atoms with Crippen molar-refractivity contribution in [1.82, 2.24) is 26.3 Å². The second-order valence-corrected chi connectivity index (χ2v) is 7.86. The monoisotopic (exact) mass is 420 g/mol. The molecule has 2 amide bonds. The molecule has 1 aromatic heterocycles. The molecule has 9 heteroatoms. The van der Waals surface area contributed by atoms with Gasteiger partial charge in [-0.25, -0.2) is 4.79 Å². The Bertz CT molecular complexity index is 673. The molecule has 1 rings (SSSR count). The molecule has 9 nitrogen and oxygen atoms in total. The van der Waals surface area contributed by atoms with Crippen molar-refractivity contribution in [3.05, 3.63) is 30.1 Å². The smallest absolute Gasteiger partial charge is 0.407 e. The van der Waals surface area contributed by atoms with Crippen molar-refractivity contribution in [2.24, 2.45) is 4.99 Å². The predicted octanol–water partition coefficient (Wildman–Crippen LogP) is 2.06. The number of aromatic nitrogens is 1. The second kappa shape index (κ2) is 13.4. The van der Waals surface area contributed by atoms with E-state index >= 15 is 0 Å². The molecular formula is C21H36N6O3. The predicted molar refractivity (Wildman–Crippen MR) is 119 cm³/mol. The standard InChI is InChI=1S/C21H36N6O3/c1-6-7-10-17(15-26-20(29)30-21(2,3)4)27-19(22-5)25-13-12-24-18(28)16-9-8-11-23-14-16/h8-9,11,14,17H,6-7,10,12-13,15H2,1-5H3,(H,24,28)(H,26,29)(H2,22,25,27). The molecule has 0 saturated heterocycles. The lowest BCUT2D eigenvalue weighted by molar-refractivity contribution is 0.0522. The number of carbonyl (C=O) groups excluding carboxylic acids is 2. The van der Waals surface area contributed by atoms with Gasteiger partial charge in [0.05, 0.1) is 5.56 Å². The van der Waals surface area contributed by atoms with E-state index in [1.807, 2.05) is 20.8 Å². The van der Waals surface area contributed by atoms with Crippen LogP contribution in [-0.2, 0) is 4.74 Å². The third-order valence-electron chi connectivity index (χ3n) is 3.99. The number of hydrogen-bond donors (Lipinski definition) is 4. The highest BCUT2D eigenvalue weighted by Gasteiger charge is 2.18. The van der Waals surface area contributed by atoms with Crippen LogP contribution in [0, 0.1) is 0 Å². The van der Waals surface area contributed by atoms with Gasteiger partial charge in [-0.3, -0.25) is 14.8 Å². The van der Waals surface area contributed by atoms with Crippen LogP contribution in [0.3, 0.4) is 0 Å². The van der Waals surface area contributed by atoms with Crippen molar-refractivity contribution < 1.29 is 14.3 Å². The average Bonchev–Trinajstić information content (AvgIpc) is 2.71. The van der Waals surface area contributed by atoms with Gasteiger partial charge in [-0.15, -0.1) is 0 Å². The van der Waals surface area contributed by atoms with Gasteiger partial charge in [-0.1, -0.05) is 19.8 Å². The first-order valence-corrected chi connectivity index (χ1v) is 10.4. The number of pyridine rings is 1. The number of aliphatic imine (C=N–C) groups is 1. The van der Waals surface area contributed by atoms with E-state index in [4.69, 9.17) is 4.74 Å². The zero-order valence-electron chi connectivity index (χ0n) is 18.7. The van der Waals surface area contributed by atoms with E-state index in [-0.39, 0.29) is 11.9 Å². The number of carbonyl (C=O) groups is 2. The van der Waals surface area contributed by atoms with E-state index in [2.05, 4.69) is 38.2 Å². The number of amides is 2. The van der Waals surface area contributed by atoms with Crippen LogP contribution in [0.1, 0.15) is 57.3 Å². The maximum atomic E-state index is 12.0. The lowest BCUT2D eigenvalue weighted by Gasteiger charge is -2.24. The van der Waals surface area contributed by atoms with Gasteiger partial charge in [-0.2, -0.15) is 0 Å². The Balaban J connectivity index is 2.43. The molecule has 0 fully saturated rings. The summed E-state index contributed by atoms with van der Waals surface area (Å²) in [5.74, 6) is 0.438. The number of rotatable bonds is 10. The quantitative estimate of drug-likeness (QED) is 0.262. The lowest BCUT2D eigenvalue weighted by Crippen LogP contribution is -2.50. The third-order valence-corrected chi connectivity index (χ3v) is 3.99. The topological polar surface area (TPSA) is 117 Å². The van der Waals surface area contributed by atoms with Crippen LogP contribution in [0.4, 0.5) is 4.79 Å². The summed E-state index contributed by atoms with van der Waals surface area (Å²) in [6, 6.07) is 3.45. The van der Waals surface area contributed by atoms with Gasteiger partial charge < -0.3 is 26.0 Å². The molecule has 0 aromatic carbocycles. The fourth-order valence-electron chi connectivity index (χ4n) is 2.54. The van der Waals surface area contributed by atoms with Crippen LogP contribution in [0.15, 0.2) is 29.5 Å². The van der Waals surface area contributed by atoms with Gasteiger partial charge in [0, 0.05) is 45.1 Å². The summed E-state index contributed by atoms with van der Waals surface area (Å²) in [5, 5.41) is 12.1. The van der Waals surface area contributed by atoms with E-state index in [0.29, 0.717) is 31.2 Å². The van der Waals surface area contributed by atoms with Crippen LogP contribution < -0.4 is 21.3 Å². The normalized spacial score (nSPS) is 12.6. The molecule has 1 aromatic rings. The summed E-state index contributed by atoms with van der Waals surface area (Å²) in [7, 11) is 1.68. The summed E-state index contributed by atoms with van der Waals surface area (Å²) in [5.41, 5.74) is -0.0123. The number of nitrogens with zero attached hydrogens (tertiary/aromatic N) is 2. The van der Waals surface area contributed by atoms with Gasteiger partial charge in [0.2, 0.25) is 0 Å². The zero-order valence-corrected chi connectivity index (χ0v) is 18.7. The van der Waals surface area contributed by atoms with Crippen LogP contribution in [-0.4, -0.2) is 61.3 Å². The van der Waals surface area contributed by atoms with E-state index in [1.54, 1.807) is 25.4 Å². The Morgan fingerprint density at radius 2 is 1.93 bits per heavy atom. The summed E-state index contributed by atoms with van der Waals surface area (Å²) < 4.78 is 5.29. The molecule has 1 atom stereocenters. The minimum Gasteiger partial charge on any atom is -0.444 e. The van der Waals surface area contributed by atoms with E-state index < -0.39 is 11.7 Å². The van der Waals surface area contributed by atoms with Crippen molar-refractivity contribution in [2.45, 2.75) is 58.6 Å². The van der Waals surface area contributed by atoms with E-state index in [9.17, 15) is 9.59 Å². The highest BCUT2D eigenvalue weighted by atomic mass is 16.6. The lowest BCUT2D eigenvalue weighted by atomic mass is 10.1. The molecule has 30 heavy (non-hydrogen) atoms. The number of guanidine groups is 1. The first-order chi connectivity index (χ1) is 14.2. The molecule has 0 bridgehead atoms. The summed E-state index contributed by atoms with van der Waals surface area (Å²) in [6.07, 6.45) is 5.67. The summed E-state index contributed by atoms with van der Waals surface area (Å²) >= 11 is 0. The van der Waals surface area contributed by atoms with Crippen molar-refractivity contribution >= 4 is 18.0 Å². The molecule has 168 valence electrons. The Morgan fingerprint density at radius 1 is 1.20 bits per heavy atom. The Hall–Kier alpha value is -2.84. The maximum absolute atomic E-state index is 12.0. The molecular weight excluding hydrogens is 384 g/mol. The van der Waals surface area contributed by atoms with Crippen molar-refractivity contribution in [3.63, 3.8) is 0 Å². The highest BCUT2D eigenvalue weighted by molar-refractivity contribution is 5.93. The number of unbranched alkanes of at least 4 members (excludes halogenated alkanes) is 1. The largest absolute Gasteiger partial charge is 0.444 e. The Labute approximate surface area is 179 Å². The third kappa shape index (κ3) is 11.2. The Morgan fingerprint density at radius 3 is 2.53 bits per heavy atom. The SMILES string of the molecule is CCCCC(CNC(=O)OC(C)(C)C)NC(=NC)NCCNC(=O)c1cccnc1. The highest BCUT2D eigenvalue weighted by Crippen LogP contribution is 2.07. The first kappa shape index (κ1) is 25.2. The molecule has 0 saturated carbocycles. The van der Waals surface area contributed by atoms with Crippen molar-refractivity contribution in [3.8, 4) is 0 Å². The average molecular weight is 421 g/mol. The number of alkyl carbamates (subject to hydrolysis) is 1. The van der Waals surface area contributed by atoms with Gasteiger partial charge in [0.15, 0.2) is 5.96 Å². The van der Waals surface area contributed by atoms with Gasteiger partial charge in [0.25, 0.3) is 5.91 Å². The number of hydrogen-bond acceptors (Lipinski definition) is 5. The summed E-state index contributed by atoms with van der Waals surface area (Å²) in [4.78, 5) is 32.1. The van der Waals surface area contributed by atoms with Crippen LogP contribution in [0.5, 0.6) is 0 Å². The minimum atomic E-state index is -0.533. The van der Waals surface area contributed by atoms with Crippen LogP contribution in [0.25, 0.3) is 0 Å². The molecule has 0 spiro atoms. The molecule has 0 aliphatic heterocycles. The maximum Gasteiger partial charge on any atom is 0.407 e.